The van der Waals surface area contributed by atoms with E-state index >= 15 is 0 Å². The van der Waals surface area contributed by atoms with E-state index in [0.717, 1.165) is 18.7 Å². The molecule has 3 rings (SSSR count). The molecule has 2 aromatic rings. The van der Waals surface area contributed by atoms with E-state index in [1.54, 1.807) is 12.3 Å². The molecular weight excluding hydrogens is 286 g/mol. The average molecular weight is 307 g/mol. The van der Waals surface area contributed by atoms with E-state index in [1.165, 1.54) is 19.3 Å². The molecule has 0 aliphatic carbocycles. The molecule has 1 aliphatic heterocycles. The molecule has 0 amide bonds. The third-order valence-electron chi connectivity index (χ3n) is 4.10. The van der Waals surface area contributed by atoms with Gasteiger partial charge in [-0.25, -0.2) is 9.97 Å². The van der Waals surface area contributed by atoms with Crippen molar-refractivity contribution in [3.05, 3.63) is 60.1 Å². The van der Waals surface area contributed by atoms with Crippen LogP contribution in [0.1, 0.15) is 35.3 Å². The van der Waals surface area contributed by atoms with Gasteiger partial charge < -0.3 is 4.90 Å². The van der Waals surface area contributed by atoms with Crippen molar-refractivity contribution in [3.8, 4) is 11.4 Å². The van der Waals surface area contributed by atoms with Gasteiger partial charge >= 0.3 is 0 Å². The highest BCUT2D eigenvalue weighted by Crippen LogP contribution is 2.16. The molecule has 23 heavy (non-hydrogen) atoms. The highest BCUT2D eigenvalue weighted by Gasteiger charge is 2.11. The van der Waals surface area contributed by atoms with Gasteiger partial charge in [-0.2, -0.15) is 0 Å². The predicted octanol–water partition coefficient (Wildman–Crippen LogP) is 3.63. The minimum Gasteiger partial charge on any atom is -0.377 e. The maximum Gasteiger partial charge on any atom is 0.190 e. The zero-order valence-electron chi connectivity index (χ0n) is 13.4. The zero-order valence-corrected chi connectivity index (χ0v) is 13.4. The van der Waals surface area contributed by atoms with E-state index in [4.69, 9.17) is 0 Å². The summed E-state index contributed by atoms with van der Waals surface area (Å²) in [6.45, 7) is 3.93. The molecule has 0 radical (unpaired) electrons. The van der Waals surface area contributed by atoms with Crippen LogP contribution in [0.2, 0.25) is 0 Å². The number of aryl methyl sites for hydroxylation is 1. The van der Waals surface area contributed by atoms with Crippen LogP contribution in [-0.2, 0) is 0 Å². The maximum absolute atomic E-state index is 12.4. The second-order valence-electron chi connectivity index (χ2n) is 5.84. The third kappa shape index (κ3) is 3.83. The molecule has 0 unspecified atom stereocenters. The third-order valence-corrected chi connectivity index (χ3v) is 4.10. The van der Waals surface area contributed by atoms with Crippen molar-refractivity contribution in [2.75, 3.05) is 13.1 Å². The summed E-state index contributed by atoms with van der Waals surface area (Å²) < 4.78 is 0. The van der Waals surface area contributed by atoms with Crippen molar-refractivity contribution < 1.29 is 4.79 Å². The number of likely N-dealkylation sites (tertiary alicyclic amines) is 1. The molecule has 1 aromatic heterocycles. The molecule has 1 aliphatic rings. The lowest BCUT2D eigenvalue weighted by molar-refractivity contribution is 0.104. The fourth-order valence-electron chi connectivity index (χ4n) is 2.77. The quantitative estimate of drug-likeness (QED) is 0.639. The molecule has 0 N–H and O–H groups in total. The molecule has 1 fully saturated rings. The van der Waals surface area contributed by atoms with Crippen LogP contribution >= 0.6 is 0 Å². The summed E-state index contributed by atoms with van der Waals surface area (Å²) in [6, 6.07) is 9.79. The number of nitrogens with zero attached hydrogens (tertiary/aromatic N) is 3. The van der Waals surface area contributed by atoms with Gasteiger partial charge in [0, 0.05) is 37.1 Å². The van der Waals surface area contributed by atoms with Gasteiger partial charge in [0.2, 0.25) is 0 Å². The number of carbonyl (C=O) groups is 1. The summed E-state index contributed by atoms with van der Waals surface area (Å²) in [5, 5.41) is 0. The lowest BCUT2D eigenvalue weighted by Gasteiger charge is -2.24. The van der Waals surface area contributed by atoms with Gasteiger partial charge in [0.05, 0.1) is 11.3 Å². The van der Waals surface area contributed by atoms with Crippen molar-refractivity contribution in [2.24, 2.45) is 0 Å². The molecule has 2 heterocycles. The first-order valence-corrected chi connectivity index (χ1v) is 8.10. The topological polar surface area (TPSA) is 46.1 Å². The van der Waals surface area contributed by atoms with Crippen LogP contribution in [0.15, 0.2) is 48.8 Å². The molecular formula is C19H21N3O. The Balaban J connectivity index is 1.75. The Bertz CT molecular complexity index is 704. The zero-order chi connectivity index (χ0) is 16.1. The SMILES string of the molecule is Cc1nc(-c2ccccc2)ncc1C(=O)C=CN1CCCCC1. The predicted molar refractivity (Wildman–Crippen MR) is 91.1 cm³/mol. The standard InChI is InChI=1S/C19H21N3O/c1-15-17(18(23)10-13-22-11-6-3-7-12-22)14-20-19(21-15)16-8-4-2-5-9-16/h2,4-5,8-10,13-14H,3,6-7,11-12H2,1H3. The molecule has 118 valence electrons. The number of aromatic nitrogens is 2. The number of hydrogen-bond acceptors (Lipinski definition) is 4. The Morgan fingerprint density at radius 1 is 1.13 bits per heavy atom. The van der Waals surface area contributed by atoms with Gasteiger partial charge in [0.25, 0.3) is 0 Å². The summed E-state index contributed by atoms with van der Waals surface area (Å²) >= 11 is 0. The Hall–Kier alpha value is -2.49. The number of piperidine rings is 1. The molecule has 0 spiro atoms. The summed E-state index contributed by atoms with van der Waals surface area (Å²) in [5.41, 5.74) is 2.24. The van der Waals surface area contributed by atoms with Gasteiger partial charge in [0.15, 0.2) is 11.6 Å². The smallest absolute Gasteiger partial charge is 0.190 e. The highest BCUT2D eigenvalue weighted by atomic mass is 16.1. The number of carbonyl (C=O) groups excluding carboxylic acids is 1. The maximum atomic E-state index is 12.4. The van der Waals surface area contributed by atoms with E-state index in [2.05, 4.69) is 14.9 Å². The minimum atomic E-state index is -0.0346. The van der Waals surface area contributed by atoms with E-state index in [0.29, 0.717) is 17.1 Å². The number of ketones is 1. The summed E-state index contributed by atoms with van der Waals surface area (Å²) in [6.07, 6.45) is 8.86. The molecule has 1 saturated heterocycles. The fourth-order valence-corrected chi connectivity index (χ4v) is 2.77. The van der Waals surface area contributed by atoms with Crippen molar-refractivity contribution >= 4 is 5.78 Å². The van der Waals surface area contributed by atoms with Crippen LogP contribution in [0.4, 0.5) is 0 Å². The monoisotopic (exact) mass is 307 g/mol. The van der Waals surface area contributed by atoms with Crippen molar-refractivity contribution in [2.45, 2.75) is 26.2 Å². The van der Waals surface area contributed by atoms with Crippen molar-refractivity contribution in [3.63, 3.8) is 0 Å². The molecule has 4 nitrogen and oxygen atoms in total. The highest BCUT2D eigenvalue weighted by molar-refractivity contribution is 6.05. The molecule has 0 bridgehead atoms. The van der Waals surface area contributed by atoms with Gasteiger partial charge in [-0.1, -0.05) is 30.3 Å². The second kappa shape index (κ2) is 7.18. The van der Waals surface area contributed by atoms with Crippen LogP contribution in [0, 0.1) is 6.92 Å². The fraction of sp³-hybridized carbons (Fsp3) is 0.316. The number of benzene rings is 1. The van der Waals surface area contributed by atoms with Crippen molar-refractivity contribution in [1.29, 1.82) is 0 Å². The van der Waals surface area contributed by atoms with Crippen molar-refractivity contribution in [1.82, 2.24) is 14.9 Å². The number of rotatable bonds is 4. The van der Waals surface area contributed by atoms with Crippen LogP contribution in [-0.4, -0.2) is 33.7 Å². The van der Waals surface area contributed by atoms with Crippen LogP contribution < -0.4 is 0 Å². The lowest BCUT2D eigenvalue weighted by atomic mass is 10.1. The molecule has 0 atom stereocenters. The average Bonchev–Trinajstić information content (AvgIpc) is 2.61. The first-order valence-electron chi connectivity index (χ1n) is 8.10. The Labute approximate surface area is 136 Å². The lowest BCUT2D eigenvalue weighted by Crippen LogP contribution is -2.24. The summed E-state index contributed by atoms with van der Waals surface area (Å²) in [7, 11) is 0. The Kier molecular flexibility index (Phi) is 4.81. The van der Waals surface area contributed by atoms with E-state index < -0.39 is 0 Å². The largest absolute Gasteiger partial charge is 0.377 e. The molecule has 1 aromatic carbocycles. The Morgan fingerprint density at radius 2 is 1.87 bits per heavy atom. The van der Waals surface area contributed by atoms with E-state index in [1.807, 2.05) is 43.5 Å². The van der Waals surface area contributed by atoms with Gasteiger partial charge in [-0.3, -0.25) is 4.79 Å². The Morgan fingerprint density at radius 3 is 2.57 bits per heavy atom. The van der Waals surface area contributed by atoms with Crippen LogP contribution in [0.5, 0.6) is 0 Å². The molecule has 4 heteroatoms. The van der Waals surface area contributed by atoms with Gasteiger partial charge in [-0.05, 0) is 26.2 Å². The second-order valence-corrected chi connectivity index (χ2v) is 5.84. The number of allylic oxidation sites excluding steroid dienone is 1. The normalized spacial score (nSPS) is 15.1. The summed E-state index contributed by atoms with van der Waals surface area (Å²) in [5.74, 6) is 0.618. The summed E-state index contributed by atoms with van der Waals surface area (Å²) in [4.78, 5) is 23.4. The van der Waals surface area contributed by atoms with E-state index in [-0.39, 0.29) is 5.78 Å². The number of hydrogen-bond donors (Lipinski definition) is 0. The van der Waals surface area contributed by atoms with Gasteiger partial charge in [-0.15, -0.1) is 0 Å². The van der Waals surface area contributed by atoms with Gasteiger partial charge in [0.1, 0.15) is 0 Å². The van der Waals surface area contributed by atoms with Crippen LogP contribution in [0.25, 0.3) is 11.4 Å². The first kappa shape index (κ1) is 15.4. The van der Waals surface area contributed by atoms with Crippen LogP contribution in [0.3, 0.4) is 0 Å². The minimum absolute atomic E-state index is 0.0346. The first-order chi connectivity index (χ1) is 11.2. The molecule has 0 saturated carbocycles. The van der Waals surface area contributed by atoms with E-state index in [9.17, 15) is 4.79 Å².